The minimum absolute atomic E-state index is 0.386. The van der Waals surface area contributed by atoms with Crippen molar-refractivity contribution in [2.45, 2.75) is 32.0 Å². The highest BCUT2D eigenvalue weighted by atomic mass is 15.0. The van der Waals surface area contributed by atoms with Crippen LogP contribution in [0.2, 0.25) is 0 Å². The molecule has 0 N–H and O–H groups in total. The fourth-order valence-electron chi connectivity index (χ4n) is 1.06. The molecule has 1 aromatic heterocycles. The van der Waals surface area contributed by atoms with Crippen molar-refractivity contribution in [2.24, 2.45) is 0 Å². The molecule has 1 heterocycles. The summed E-state index contributed by atoms with van der Waals surface area (Å²) in [6, 6.07) is 0. The Morgan fingerprint density at radius 1 is 1.25 bits per heavy atom. The summed E-state index contributed by atoms with van der Waals surface area (Å²) in [5, 5.41) is -0.386. The van der Waals surface area contributed by atoms with Gasteiger partial charge in [0.25, 0.3) is 0 Å². The highest BCUT2D eigenvalue weighted by Gasteiger charge is 2.24. The maximum atomic E-state index is 6.07. The lowest BCUT2D eigenvalue weighted by Gasteiger charge is -2.24. The summed E-state index contributed by atoms with van der Waals surface area (Å²) in [6.07, 6.45) is 4.64. The van der Waals surface area contributed by atoms with Gasteiger partial charge in [-0.25, -0.2) is 15.0 Å². The first-order valence-corrected chi connectivity index (χ1v) is 4.14. The van der Waals surface area contributed by atoms with Crippen LogP contribution in [0.15, 0.2) is 12.7 Å². The molecule has 62 valence electrons. The normalized spacial score (nSPS) is 11.5. The average molecular weight is 161 g/mol. The van der Waals surface area contributed by atoms with Gasteiger partial charge >= 0.3 is 0 Å². The summed E-state index contributed by atoms with van der Waals surface area (Å²) in [6.45, 7) is 4.07. The first kappa shape index (κ1) is 9.17. The summed E-state index contributed by atoms with van der Waals surface area (Å²) in [5.41, 5.74) is 0. The van der Waals surface area contributed by atoms with Gasteiger partial charge in [0.1, 0.15) is 18.5 Å². The van der Waals surface area contributed by atoms with Crippen LogP contribution in [0.4, 0.5) is 0 Å². The van der Waals surface area contributed by atoms with Gasteiger partial charge < -0.3 is 0 Å². The highest BCUT2D eigenvalue weighted by Crippen LogP contribution is 2.23. The van der Waals surface area contributed by atoms with E-state index in [0.717, 1.165) is 12.8 Å². The van der Waals surface area contributed by atoms with E-state index in [-0.39, 0.29) is 5.31 Å². The smallest absolute Gasteiger partial charge is 0.129 e. The summed E-state index contributed by atoms with van der Waals surface area (Å²) < 4.78 is 0. The molecular weight excluding hydrogens is 149 g/mol. The summed E-state index contributed by atoms with van der Waals surface area (Å²) in [5.74, 6) is 0.683. The lowest BCUT2D eigenvalue weighted by molar-refractivity contribution is 0.526. The molecule has 0 aromatic carbocycles. The maximum absolute atomic E-state index is 6.07. The molecule has 4 heteroatoms. The topological polar surface area (TPSA) is 38.7 Å². The predicted octanol–water partition coefficient (Wildman–Crippen LogP) is 1.06. The van der Waals surface area contributed by atoms with Gasteiger partial charge in [-0.2, -0.15) is 0 Å². The second-order valence-corrected chi connectivity index (χ2v) is 2.83. The van der Waals surface area contributed by atoms with Gasteiger partial charge in [-0.3, -0.25) is 0 Å². The largest absolute Gasteiger partial charge is 0.225 e. The van der Waals surface area contributed by atoms with E-state index in [4.69, 9.17) is 7.85 Å². The average Bonchev–Trinajstić information content (AvgIpc) is 2.18. The van der Waals surface area contributed by atoms with Crippen LogP contribution < -0.4 is 0 Å². The molecule has 1 aromatic rings. The fourth-order valence-corrected chi connectivity index (χ4v) is 1.06. The Hall–Kier alpha value is -0.925. The third kappa shape index (κ3) is 1.63. The van der Waals surface area contributed by atoms with Crippen LogP contribution in [0.1, 0.15) is 32.5 Å². The number of aromatic nitrogens is 3. The van der Waals surface area contributed by atoms with E-state index in [2.05, 4.69) is 15.0 Å². The molecule has 0 aliphatic heterocycles. The van der Waals surface area contributed by atoms with Crippen molar-refractivity contribution >= 4 is 7.85 Å². The monoisotopic (exact) mass is 161 g/mol. The maximum Gasteiger partial charge on any atom is 0.129 e. The van der Waals surface area contributed by atoms with Crippen molar-refractivity contribution in [3.63, 3.8) is 0 Å². The van der Waals surface area contributed by atoms with Crippen molar-refractivity contribution < 1.29 is 0 Å². The molecular formula is C8H12BN3. The van der Waals surface area contributed by atoms with Crippen LogP contribution in [0, 0.1) is 0 Å². The second kappa shape index (κ2) is 3.65. The van der Waals surface area contributed by atoms with Crippen LogP contribution >= 0.6 is 0 Å². The van der Waals surface area contributed by atoms with Gasteiger partial charge in [-0.05, 0) is 5.31 Å². The third-order valence-corrected chi connectivity index (χ3v) is 2.20. The molecule has 0 fully saturated rings. The second-order valence-electron chi connectivity index (χ2n) is 2.83. The Balaban J connectivity index is 2.95. The minimum atomic E-state index is -0.386. The third-order valence-electron chi connectivity index (χ3n) is 2.20. The van der Waals surface area contributed by atoms with Crippen molar-refractivity contribution in [3.8, 4) is 0 Å². The zero-order valence-corrected chi connectivity index (χ0v) is 7.49. The molecule has 0 spiro atoms. The van der Waals surface area contributed by atoms with Crippen LogP contribution in [0.3, 0.4) is 0 Å². The van der Waals surface area contributed by atoms with Gasteiger partial charge in [0, 0.05) is 0 Å². The van der Waals surface area contributed by atoms with E-state index in [1.807, 2.05) is 13.8 Å². The number of nitrogens with zero attached hydrogens (tertiary/aromatic N) is 3. The molecule has 0 unspecified atom stereocenters. The molecule has 3 nitrogen and oxygen atoms in total. The molecule has 0 aliphatic rings. The first-order valence-electron chi connectivity index (χ1n) is 4.14. The van der Waals surface area contributed by atoms with E-state index >= 15 is 0 Å². The quantitative estimate of drug-likeness (QED) is 0.622. The van der Waals surface area contributed by atoms with Gasteiger partial charge in [0.2, 0.25) is 0 Å². The Kier molecular flexibility index (Phi) is 2.79. The number of hydrogen-bond acceptors (Lipinski definition) is 3. The standard InChI is InChI=1S/C8H12BN3/c1-3-8(9,4-2)7-11-5-10-6-12-7/h5-6H,3-4H2,1-2H3. The van der Waals surface area contributed by atoms with Crippen molar-refractivity contribution in [2.75, 3.05) is 0 Å². The molecule has 12 heavy (non-hydrogen) atoms. The van der Waals surface area contributed by atoms with Crippen molar-refractivity contribution in [1.29, 1.82) is 0 Å². The van der Waals surface area contributed by atoms with E-state index in [1.54, 1.807) is 0 Å². The number of rotatable bonds is 3. The zero-order valence-electron chi connectivity index (χ0n) is 7.49. The van der Waals surface area contributed by atoms with Gasteiger partial charge in [0.15, 0.2) is 0 Å². The summed E-state index contributed by atoms with van der Waals surface area (Å²) in [4.78, 5) is 11.8. The molecule has 0 atom stereocenters. The van der Waals surface area contributed by atoms with E-state index < -0.39 is 0 Å². The molecule has 0 saturated heterocycles. The van der Waals surface area contributed by atoms with Crippen LogP contribution in [0.5, 0.6) is 0 Å². The van der Waals surface area contributed by atoms with Crippen LogP contribution in [-0.4, -0.2) is 22.8 Å². The summed E-state index contributed by atoms with van der Waals surface area (Å²) in [7, 11) is 6.07. The van der Waals surface area contributed by atoms with Crippen molar-refractivity contribution in [1.82, 2.24) is 15.0 Å². The summed E-state index contributed by atoms with van der Waals surface area (Å²) >= 11 is 0. The lowest BCUT2D eigenvalue weighted by atomic mass is 9.64. The van der Waals surface area contributed by atoms with E-state index in [0.29, 0.717) is 5.82 Å². The first-order chi connectivity index (χ1) is 5.73. The molecule has 0 aliphatic carbocycles. The molecule has 2 radical (unpaired) electrons. The van der Waals surface area contributed by atoms with Gasteiger partial charge in [-0.15, -0.1) is 0 Å². The highest BCUT2D eigenvalue weighted by molar-refractivity contribution is 6.15. The predicted molar refractivity (Wildman–Crippen MR) is 47.8 cm³/mol. The minimum Gasteiger partial charge on any atom is -0.225 e. The lowest BCUT2D eigenvalue weighted by Crippen LogP contribution is -2.27. The molecule has 1 rings (SSSR count). The Bertz CT molecular complexity index is 233. The zero-order chi connectivity index (χ0) is 9.03. The van der Waals surface area contributed by atoms with Gasteiger partial charge in [0.05, 0.1) is 7.85 Å². The Morgan fingerprint density at radius 2 is 1.75 bits per heavy atom. The number of hydrogen-bond donors (Lipinski definition) is 0. The molecule has 0 bridgehead atoms. The van der Waals surface area contributed by atoms with E-state index in [1.165, 1.54) is 12.7 Å². The van der Waals surface area contributed by atoms with Crippen LogP contribution in [-0.2, 0) is 5.31 Å². The van der Waals surface area contributed by atoms with Gasteiger partial charge in [-0.1, -0.05) is 26.7 Å². The SMILES string of the molecule is [B]C(CC)(CC)c1ncncn1. The molecule has 0 amide bonds. The fraction of sp³-hybridized carbons (Fsp3) is 0.625. The molecule has 0 saturated carbocycles. The Morgan fingerprint density at radius 3 is 2.17 bits per heavy atom. The van der Waals surface area contributed by atoms with Crippen LogP contribution in [0.25, 0.3) is 0 Å². The van der Waals surface area contributed by atoms with Crippen molar-refractivity contribution in [3.05, 3.63) is 18.5 Å². The van der Waals surface area contributed by atoms with E-state index in [9.17, 15) is 0 Å². The Labute approximate surface area is 74.1 Å².